The van der Waals surface area contributed by atoms with Gasteiger partial charge < -0.3 is 14.7 Å². The molecule has 3 rings (SSSR count). The van der Waals surface area contributed by atoms with E-state index in [1.54, 1.807) is 4.90 Å². The smallest absolute Gasteiger partial charge is 0.272 e. The summed E-state index contributed by atoms with van der Waals surface area (Å²) in [4.78, 5) is 29.5. The number of carbonyl (C=O) groups excluding carboxylic acids is 2. The predicted molar refractivity (Wildman–Crippen MR) is 133 cm³/mol. The maximum atomic E-state index is 13.5. The van der Waals surface area contributed by atoms with E-state index in [1.807, 2.05) is 56.3 Å². The molecule has 0 saturated carbocycles. The number of amides is 2. The number of hydroxylamine groups is 1. The molecule has 1 aliphatic heterocycles. The first-order valence-electron chi connectivity index (χ1n) is 12.3. The van der Waals surface area contributed by atoms with Crippen LogP contribution in [0.4, 0.5) is 0 Å². The van der Waals surface area contributed by atoms with Gasteiger partial charge in [0.15, 0.2) is 0 Å². The Hall–Kier alpha value is -2.94. The zero-order valence-electron chi connectivity index (χ0n) is 20.6. The summed E-state index contributed by atoms with van der Waals surface area (Å²) in [5, 5.41) is 19.6. The van der Waals surface area contributed by atoms with Crippen molar-refractivity contribution in [3.05, 3.63) is 65.7 Å². The SMILES string of the molecule is CCOc1ccc(CCCC(C(=O)N2CCN(Cc3ccccc3)CC2C)C(O)C(=O)NO)cc1. The van der Waals surface area contributed by atoms with Crippen LogP contribution in [0, 0.1) is 5.92 Å². The van der Waals surface area contributed by atoms with E-state index in [4.69, 9.17) is 9.94 Å². The minimum atomic E-state index is -1.61. The van der Waals surface area contributed by atoms with Crippen LogP contribution in [0.2, 0.25) is 0 Å². The van der Waals surface area contributed by atoms with Gasteiger partial charge in [-0.25, -0.2) is 5.48 Å². The fourth-order valence-electron chi connectivity index (χ4n) is 4.67. The summed E-state index contributed by atoms with van der Waals surface area (Å²) in [6, 6.07) is 17.9. The molecule has 2 amide bonds. The summed E-state index contributed by atoms with van der Waals surface area (Å²) in [6.07, 6.45) is 0.0341. The highest BCUT2D eigenvalue weighted by Gasteiger charge is 2.37. The van der Waals surface area contributed by atoms with Gasteiger partial charge in [0.1, 0.15) is 11.9 Å². The maximum Gasteiger partial charge on any atom is 0.272 e. The quantitative estimate of drug-likeness (QED) is 0.335. The molecule has 2 aromatic carbocycles. The van der Waals surface area contributed by atoms with Gasteiger partial charge >= 0.3 is 0 Å². The summed E-state index contributed by atoms with van der Waals surface area (Å²) in [7, 11) is 0. The monoisotopic (exact) mass is 483 g/mol. The summed E-state index contributed by atoms with van der Waals surface area (Å²) in [5.74, 6) is -1.33. The number of aryl methyl sites for hydroxylation is 1. The van der Waals surface area contributed by atoms with Gasteiger partial charge in [-0.05, 0) is 56.4 Å². The Labute approximate surface area is 207 Å². The maximum absolute atomic E-state index is 13.5. The van der Waals surface area contributed by atoms with Crippen molar-refractivity contribution in [3.63, 3.8) is 0 Å². The van der Waals surface area contributed by atoms with Crippen LogP contribution in [0.25, 0.3) is 0 Å². The molecular formula is C27H37N3O5. The highest BCUT2D eigenvalue weighted by Crippen LogP contribution is 2.23. The Kier molecular flexibility index (Phi) is 10.1. The van der Waals surface area contributed by atoms with E-state index >= 15 is 0 Å². The van der Waals surface area contributed by atoms with Crippen LogP contribution in [0.15, 0.2) is 54.6 Å². The number of aliphatic hydroxyl groups excluding tert-OH is 1. The van der Waals surface area contributed by atoms with Crippen LogP contribution in [0.5, 0.6) is 5.75 Å². The number of aliphatic hydroxyl groups is 1. The van der Waals surface area contributed by atoms with Crippen molar-refractivity contribution < 1.29 is 24.6 Å². The normalized spacial score (nSPS) is 18.1. The topological polar surface area (TPSA) is 102 Å². The van der Waals surface area contributed by atoms with Crippen molar-refractivity contribution in [2.75, 3.05) is 26.2 Å². The first-order chi connectivity index (χ1) is 16.9. The lowest BCUT2D eigenvalue weighted by Crippen LogP contribution is -2.57. The van der Waals surface area contributed by atoms with Crippen molar-refractivity contribution in [1.29, 1.82) is 0 Å². The molecule has 0 spiro atoms. The third-order valence-electron chi connectivity index (χ3n) is 6.54. The van der Waals surface area contributed by atoms with Crippen molar-refractivity contribution in [2.45, 2.75) is 51.8 Å². The van der Waals surface area contributed by atoms with E-state index in [2.05, 4.69) is 17.0 Å². The van der Waals surface area contributed by atoms with Crippen LogP contribution in [-0.4, -0.2) is 70.3 Å². The molecule has 8 nitrogen and oxygen atoms in total. The molecule has 0 bridgehead atoms. The molecule has 2 aromatic rings. The van der Waals surface area contributed by atoms with Crippen molar-refractivity contribution >= 4 is 11.8 Å². The molecule has 0 aliphatic carbocycles. The van der Waals surface area contributed by atoms with Crippen molar-refractivity contribution in [1.82, 2.24) is 15.3 Å². The Morgan fingerprint density at radius 2 is 1.80 bits per heavy atom. The van der Waals surface area contributed by atoms with Gasteiger partial charge in [-0.1, -0.05) is 42.5 Å². The summed E-state index contributed by atoms with van der Waals surface area (Å²) in [6.45, 7) is 7.29. The fraction of sp³-hybridized carbons (Fsp3) is 0.481. The van der Waals surface area contributed by atoms with E-state index in [0.717, 1.165) is 17.9 Å². The van der Waals surface area contributed by atoms with E-state index in [0.29, 0.717) is 45.5 Å². The second kappa shape index (κ2) is 13.2. The lowest BCUT2D eigenvalue weighted by atomic mass is 9.91. The molecule has 0 radical (unpaired) electrons. The standard InChI is InChI=1S/C27H37N3O5/c1-3-35-23-14-12-21(13-15-23)10-7-11-24(25(31)26(32)28-34)27(33)30-17-16-29(18-20(30)2)19-22-8-5-4-6-9-22/h4-6,8-9,12-15,20,24-25,31,34H,3,7,10-11,16-19H2,1-2H3,(H,28,32). The lowest BCUT2D eigenvalue weighted by molar-refractivity contribution is -0.153. The number of piperazine rings is 1. The molecule has 1 aliphatic rings. The number of rotatable bonds is 11. The average molecular weight is 484 g/mol. The van der Waals surface area contributed by atoms with Gasteiger partial charge in [0.05, 0.1) is 12.5 Å². The van der Waals surface area contributed by atoms with Crippen LogP contribution in [0.3, 0.4) is 0 Å². The number of ether oxygens (including phenoxy) is 1. The first kappa shape index (κ1) is 26.7. The highest BCUT2D eigenvalue weighted by atomic mass is 16.5. The largest absolute Gasteiger partial charge is 0.494 e. The average Bonchev–Trinajstić information content (AvgIpc) is 2.87. The first-order valence-corrected chi connectivity index (χ1v) is 12.3. The Bertz CT molecular complexity index is 938. The Morgan fingerprint density at radius 1 is 1.09 bits per heavy atom. The number of carbonyl (C=O) groups is 2. The molecule has 3 atom stereocenters. The molecule has 35 heavy (non-hydrogen) atoms. The number of hydrogen-bond donors (Lipinski definition) is 3. The van der Waals surface area contributed by atoms with Crippen LogP contribution in [0.1, 0.15) is 37.8 Å². The number of nitrogens with one attached hydrogen (secondary N) is 1. The zero-order valence-corrected chi connectivity index (χ0v) is 20.6. The molecule has 8 heteroatoms. The van der Waals surface area contributed by atoms with Crippen molar-refractivity contribution in [3.8, 4) is 5.75 Å². The second-order valence-electron chi connectivity index (χ2n) is 9.10. The van der Waals surface area contributed by atoms with E-state index in [9.17, 15) is 14.7 Å². The minimum absolute atomic E-state index is 0.0574. The molecule has 3 unspecified atom stereocenters. The van der Waals surface area contributed by atoms with E-state index < -0.39 is 17.9 Å². The van der Waals surface area contributed by atoms with Gasteiger partial charge in [-0.3, -0.25) is 19.7 Å². The van der Waals surface area contributed by atoms with Gasteiger partial charge in [-0.2, -0.15) is 0 Å². The van der Waals surface area contributed by atoms with Crippen LogP contribution < -0.4 is 10.2 Å². The Morgan fingerprint density at radius 3 is 2.43 bits per heavy atom. The van der Waals surface area contributed by atoms with Gasteiger partial charge in [0, 0.05) is 32.2 Å². The van der Waals surface area contributed by atoms with Crippen molar-refractivity contribution in [2.24, 2.45) is 5.92 Å². The molecule has 0 aromatic heterocycles. The number of nitrogens with zero attached hydrogens (tertiary/aromatic N) is 2. The number of hydrogen-bond acceptors (Lipinski definition) is 6. The third-order valence-corrected chi connectivity index (χ3v) is 6.54. The van der Waals surface area contributed by atoms with Gasteiger partial charge in [0.25, 0.3) is 5.91 Å². The Balaban J connectivity index is 1.60. The van der Waals surface area contributed by atoms with Crippen LogP contribution in [-0.2, 0) is 22.6 Å². The minimum Gasteiger partial charge on any atom is -0.494 e. The molecular weight excluding hydrogens is 446 g/mol. The summed E-state index contributed by atoms with van der Waals surface area (Å²) < 4.78 is 5.47. The summed E-state index contributed by atoms with van der Waals surface area (Å²) >= 11 is 0. The van der Waals surface area contributed by atoms with Gasteiger partial charge in [-0.15, -0.1) is 0 Å². The van der Waals surface area contributed by atoms with E-state index in [-0.39, 0.29) is 11.9 Å². The molecule has 1 saturated heterocycles. The predicted octanol–water partition coefficient (Wildman–Crippen LogP) is 2.62. The summed E-state index contributed by atoms with van der Waals surface area (Å²) in [5.41, 5.74) is 3.80. The zero-order chi connectivity index (χ0) is 25.2. The van der Waals surface area contributed by atoms with Crippen LogP contribution >= 0.6 is 0 Å². The third kappa shape index (κ3) is 7.52. The van der Waals surface area contributed by atoms with E-state index in [1.165, 1.54) is 11.0 Å². The fourth-order valence-corrected chi connectivity index (χ4v) is 4.67. The lowest BCUT2D eigenvalue weighted by Gasteiger charge is -2.41. The number of benzene rings is 2. The molecule has 1 heterocycles. The molecule has 3 N–H and O–H groups in total. The second-order valence-corrected chi connectivity index (χ2v) is 9.10. The molecule has 190 valence electrons. The highest BCUT2D eigenvalue weighted by molar-refractivity contribution is 5.88. The van der Waals surface area contributed by atoms with Gasteiger partial charge in [0.2, 0.25) is 5.91 Å². The molecule has 1 fully saturated rings.